The maximum Gasteiger partial charge on any atom is 0.348 e. The van der Waals surface area contributed by atoms with Crippen LogP contribution >= 0.6 is 11.3 Å². The predicted octanol–water partition coefficient (Wildman–Crippen LogP) is 5.27. The van der Waals surface area contributed by atoms with Crippen LogP contribution in [0.25, 0.3) is 10.1 Å². The molecular formula is C23H25NO5S. The van der Waals surface area contributed by atoms with E-state index in [0.29, 0.717) is 35.1 Å². The van der Waals surface area contributed by atoms with Crippen LogP contribution in [0.1, 0.15) is 45.4 Å². The number of hydrogen-bond acceptors (Lipinski definition) is 6. The fraction of sp³-hybridized carbons (Fsp3) is 0.304. The molecular weight excluding hydrogens is 402 g/mol. The van der Waals surface area contributed by atoms with E-state index in [9.17, 15) is 9.59 Å². The zero-order chi connectivity index (χ0) is 21.5. The van der Waals surface area contributed by atoms with Gasteiger partial charge in [-0.1, -0.05) is 13.3 Å². The number of unbranched alkanes of at least 4 members (excludes halogenated alkanes) is 1. The van der Waals surface area contributed by atoms with Gasteiger partial charge in [-0.25, -0.2) is 4.79 Å². The summed E-state index contributed by atoms with van der Waals surface area (Å²) in [6.45, 7) is 3.17. The summed E-state index contributed by atoms with van der Waals surface area (Å²) >= 11 is 1.36. The molecule has 1 N–H and O–H groups in total. The number of ether oxygens (including phenoxy) is 3. The number of thiophene rings is 1. The quantitative estimate of drug-likeness (QED) is 0.372. The monoisotopic (exact) mass is 427 g/mol. The lowest BCUT2D eigenvalue weighted by atomic mass is 10.1. The maximum absolute atomic E-state index is 12.8. The molecule has 0 spiro atoms. The number of hydrogen-bond donors (Lipinski definition) is 1. The average Bonchev–Trinajstić information content (AvgIpc) is 3.19. The molecule has 30 heavy (non-hydrogen) atoms. The van der Waals surface area contributed by atoms with Gasteiger partial charge in [-0.05, 0) is 54.3 Å². The summed E-state index contributed by atoms with van der Waals surface area (Å²) in [7, 11) is 2.96. The molecule has 1 aromatic heterocycles. The van der Waals surface area contributed by atoms with Crippen LogP contribution in [0.4, 0.5) is 5.69 Å². The van der Waals surface area contributed by atoms with E-state index in [4.69, 9.17) is 14.2 Å². The molecule has 158 valence electrons. The lowest BCUT2D eigenvalue weighted by Crippen LogP contribution is -2.12. The topological polar surface area (TPSA) is 73.9 Å². The van der Waals surface area contributed by atoms with Gasteiger partial charge in [0.1, 0.15) is 10.6 Å². The summed E-state index contributed by atoms with van der Waals surface area (Å²) in [6.07, 6.45) is 2.06. The Bertz CT molecular complexity index is 1040. The van der Waals surface area contributed by atoms with E-state index in [2.05, 4.69) is 12.2 Å². The van der Waals surface area contributed by atoms with Crippen molar-refractivity contribution in [3.63, 3.8) is 0 Å². The minimum atomic E-state index is -0.367. The fourth-order valence-electron chi connectivity index (χ4n) is 2.99. The van der Waals surface area contributed by atoms with Crippen molar-refractivity contribution in [1.29, 1.82) is 0 Å². The Hall–Kier alpha value is -2.90. The predicted molar refractivity (Wildman–Crippen MR) is 119 cm³/mol. The van der Waals surface area contributed by atoms with Crippen LogP contribution in [0.2, 0.25) is 0 Å². The first kappa shape index (κ1) is 21.8. The molecule has 3 rings (SSSR count). The molecule has 0 fully saturated rings. The third-order valence-electron chi connectivity index (χ3n) is 4.60. The van der Waals surface area contributed by atoms with Crippen molar-refractivity contribution < 1.29 is 23.8 Å². The second-order valence-corrected chi connectivity index (χ2v) is 7.83. The Morgan fingerprint density at radius 2 is 1.90 bits per heavy atom. The van der Waals surface area contributed by atoms with E-state index in [-0.39, 0.29) is 11.9 Å². The van der Waals surface area contributed by atoms with Gasteiger partial charge >= 0.3 is 5.97 Å². The Morgan fingerprint density at radius 1 is 1.07 bits per heavy atom. The first-order valence-corrected chi connectivity index (χ1v) is 10.5. The highest BCUT2D eigenvalue weighted by atomic mass is 32.1. The van der Waals surface area contributed by atoms with Gasteiger partial charge in [0.2, 0.25) is 0 Å². The molecule has 0 saturated heterocycles. The lowest BCUT2D eigenvalue weighted by Gasteiger charge is -2.12. The Balaban J connectivity index is 1.75. The van der Waals surface area contributed by atoms with Crippen molar-refractivity contribution in [2.45, 2.75) is 26.4 Å². The van der Waals surface area contributed by atoms with Gasteiger partial charge in [0.05, 0.1) is 20.8 Å². The number of amides is 1. The molecule has 1 amide bonds. The number of benzene rings is 2. The Labute approximate surface area is 179 Å². The summed E-state index contributed by atoms with van der Waals surface area (Å²) in [5, 5.41) is 3.78. The normalized spacial score (nSPS) is 10.8. The summed E-state index contributed by atoms with van der Waals surface area (Å²) in [6, 6.07) is 12.6. The van der Waals surface area contributed by atoms with E-state index in [1.165, 1.54) is 18.4 Å². The molecule has 0 aliphatic carbocycles. The van der Waals surface area contributed by atoms with Gasteiger partial charge in [0.15, 0.2) is 0 Å². The van der Waals surface area contributed by atoms with E-state index >= 15 is 0 Å². The molecule has 0 unspecified atom stereocenters. The minimum Gasteiger partial charge on any atom is -0.496 e. The van der Waals surface area contributed by atoms with E-state index < -0.39 is 0 Å². The Kier molecular flexibility index (Phi) is 7.43. The van der Waals surface area contributed by atoms with Crippen LogP contribution in [0, 0.1) is 0 Å². The third kappa shape index (κ3) is 5.17. The van der Waals surface area contributed by atoms with Gasteiger partial charge in [-0.15, -0.1) is 11.3 Å². The van der Waals surface area contributed by atoms with Crippen LogP contribution in [0.15, 0.2) is 42.5 Å². The standard InChI is InChI=1S/C23H25NO5S/c1-4-5-10-29-14-17-11-15(6-8-19(17)27-2)22(25)24-18-7-9-20-16(12-18)13-21(30-20)23(26)28-3/h6-9,11-13H,4-5,10,14H2,1-3H3,(H,24,25). The SMILES string of the molecule is CCCCOCc1cc(C(=O)Nc2ccc3sc(C(=O)OC)cc3c2)ccc1OC. The van der Waals surface area contributed by atoms with Gasteiger partial charge in [-0.3, -0.25) is 4.79 Å². The number of methoxy groups -OCH3 is 2. The molecule has 2 aromatic carbocycles. The molecule has 0 bridgehead atoms. The van der Waals surface area contributed by atoms with Crippen LogP contribution in [0.5, 0.6) is 5.75 Å². The molecule has 3 aromatic rings. The van der Waals surface area contributed by atoms with Crippen molar-refractivity contribution in [3.8, 4) is 5.75 Å². The van der Waals surface area contributed by atoms with Gasteiger partial charge in [0, 0.05) is 28.1 Å². The zero-order valence-electron chi connectivity index (χ0n) is 17.3. The molecule has 0 atom stereocenters. The van der Waals surface area contributed by atoms with Gasteiger partial charge in [0.25, 0.3) is 5.91 Å². The van der Waals surface area contributed by atoms with Crippen molar-refractivity contribution in [3.05, 3.63) is 58.5 Å². The number of carbonyl (C=O) groups is 2. The largest absolute Gasteiger partial charge is 0.496 e. The second-order valence-electron chi connectivity index (χ2n) is 6.74. The number of fused-ring (bicyclic) bond motifs is 1. The molecule has 6 nitrogen and oxygen atoms in total. The summed E-state index contributed by atoms with van der Waals surface area (Å²) in [4.78, 5) is 25.0. The summed E-state index contributed by atoms with van der Waals surface area (Å²) in [5.41, 5.74) is 2.00. The van der Waals surface area contributed by atoms with Crippen molar-refractivity contribution >= 4 is 39.0 Å². The number of anilines is 1. The highest BCUT2D eigenvalue weighted by molar-refractivity contribution is 7.20. The average molecular weight is 428 g/mol. The van der Waals surface area contributed by atoms with Crippen LogP contribution in [-0.2, 0) is 16.1 Å². The molecule has 1 heterocycles. The van der Waals surface area contributed by atoms with Crippen LogP contribution < -0.4 is 10.1 Å². The van der Waals surface area contributed by atoms with Crippen LogP contribution in [0.3, 0.4) is 0 Å². The number of esters is 1. The smallest absolute Gasteiger partial charge is 0.348 e. The zero-order valence-corrected chi connectivity index (χ0v) is 18.1. The van der Waals surface area contributed by atoms with Crippen molar-refractivity contribution in [2.75, 3.05) is 26.1 Å². The number of nitrogens with one attached hydrogen (secondary N) is 1. The maximum atomic E-state index is 12.8. The number of carbonyl (C=O) groups excluding carboxylic acids is 2. The minimum absolute atomic E-state index is 0.227. The van der Waals surface area contributed by atoms with Crippen molar-refractivity contribution in [2.24, 2.45) is 0 Å². The van der Waals surface area contributed by atoms with E-state index in [1.54, 1.807) is 31.4 Å². The summed E-state index contributed by atoms with van der Waals surface area (Å²) < 4.78 is 16.8. The van der Waals surface area contributed by atoms with Crippen LogP contribution in [-0.4, -0.2) is 32.7 Å². The van der Waals surface area contributed by atoms with E-state index in [0.717, 1.165) is 28.5 Å². The molecule has 7 heteroatoms. The second kappa shape index (κ2) is 10.2. The third-order valence-corrected chi connectivity index (χ3v) is 5.70. The molecule has 0 aliphatic heterocycles. The van der Waals surface area contributed by atoms with Gasteiger partial charge < -0.3 is 19.5 Å². The lowest BCUT2D eigenvalue weighted by molar-refractivity contribution is 0.0606. The van der Waals surface area contributed by atoms with Crippen molar-refractivity contribution in [1.82, 2.24) is 0 Å². The van der Waals surface area contributed by atoms with E-state index in [1.807, 2.05) is 18.2 Å². The highest BCUT2D eigenvalue weighted by Gasteiger charge is 2.13. The first-order valence-electron chi connectivity index (χ1n) is 9.73. The molecule has 0 saturated carbocycles. The summed E-state index contributed by atoms with van der Waals surface area (Å²) in [5.74, 6) is 0.0991. The highest BCUT2D eigenvalue weighted by Crippen LogP contribution is 2.29. The first-order chi connectivity index (χ1) is 14.5. The fourth-order valence-corrected chi connectivity index (χ4v) is 3.95. The van der Waals surface area contributed by atoms with Gasteiger partial charge in [-0.2, -0.15) is 0 Å². The molecule has 0 radical (unpaired) electrons. The number of rotatable bonds is 9. The molecule has 0 aliphatic rings. The Morgan fingerprint density at radius 3 is 2.63 bits per heavy atom.